The zero-order chi connectivity index (χ0) is 23.3. The number of pyridine rings is 1. The van der Waals surface area contributed by atoms with Gasteiger partial charge in [-0.05, 0) is 48.9 Å². The van der Waals surface area contributed by atoms with E-state index in [0.717, 1.165) is 29.8 Å². The third-order valence-corrected chi connectivity index (χ3v) is 4.72. The first-order chi connectivity index (χ1) is 15.1. The van der Waals surface area contributed by atoms with Gasteiger partial charge in [-0.15, -0.1) is 0 Å². The van der Waals surface area contributed by atoms with Crippen LogP contribution in [-0.4, -0.2) is 22.0 Å². The SMILES string of the molecule is CC(N/C(=N/C(=O)c1ccc(C(F)(F)F)cc1)Nc1cccc(O)n1)c1ccccc1Cl. The van der Waals surface area contributed by atoms with E-state index in [-0.39, 0.29) is 23.2 Å². The molecule has 166 valence electrons. The summed E-state index contributed by atoms with van der Waals surface area (Å²) >= 11 is 6.23. The summed E-state index contributed by atoms with van der Waals surface area (Å²) in [4.78, 5) is 20.5. The minimum atomic E-state index is -4.51. The molecule has 0 spiro atoms. The number of hydrogen-bond acceptors (Lipinski definition) is 3. The van der Waals surface area contributed by atoms with Gasteiger partial charge < -0.3 is 15.7 Å². The van der Waals surface area contributed by atoms with E-state index in [9.17, 15) is 23.1 Å². The molecule has 32 heavy (non-hydrogen) atoms. The first kappa shape index (κ1) is 23.1. The predicted octanol–water partition coefficient (Wildman–Crippen LogP) is 5.42. The summed E-state index contributed by atoms with van der Waals surface area (Å²) in [6.07, 6.45) is -4.51. The summed E-state index contributed by atoms with van der Waals surface area (Å²) in [7, 11) is 0. The highest BCUT2D eigenvalue weighted by Gasteiger charge is 2.30. The van der Waals surface area contributed by atoms with E-state index < -0.39 is 23.7 Å². The minimum absolute atomic E-state index is 0.0274. The number of nitrogens with one attached hydrogen (secondary N) is 2. The van der Waals surface area contributed by atoms with Crippen LogP contribution in [0.15, 0.2) is 71.7 Å². The molecule has 0 radical (unpaired) electrons. The Bertz CT molecular complexity index is 1130. The minimum Gasteiger partial charge on any atom is -0.493 e. The fourth-order valence-electron chi connectivity index (χ4n) is 2.79. The van der Waals surface area contributed by atoms with Crippen LogP contribution in [0.2, 0.25) is 5.02 Å². The summed E-state index contributed by atoms with van der Waals surface area (Å²) in [5.74, 6) is -0.856. The van der Waals surface area contributed by atoms with E-state index in [1.807, 2.05) is 0 Å². The zero-order valence-electron chi connectivity index (χ0n) is 16.7. The molecule has 10 heteroatoms. The average molecular weight is 463 g/mol. The molecule has 0 aliphatic carbocycles. The molecule has 1 amide bonds. The number of guanidine groups is 1. The van der Waals surface area contributed by atoms with Gasteiger partial charge in [0.2, 0.25) is 11.8 Å². The van der Waals surface area contributed by atoms with Crippen molar-refractivity contribution in [2.24, 2.45) is 4.99 Å². The van der Waals surface area contributed by atoms with E-state index >= 15 is 0 Å². The summed E-state index contributed by atoms with van der Waals surface area (Å²) in [5.41, 5.74) is -0.173. The lowest BCUT2D eigenvalue weighted by atomic mass is 10.1. The van der Waals surface area contributed by atoms with E-state index in [4.69, 9.17) is 11.6 Å². The highest BCUT2D eigenvalue weighted by atomic mass is 35.5. The van der Waals surface area contributed by atoms with Crippen LogP contribution in [0.3, 0.4) is 0 Å². The van der Waals surface area contributed by atoms with Gasteiger partial charge in [-0.2, -0.15) is 23.1 Å². The average Bonchev–Trinajstić information content (AvgIpc) is 2.73. The molecule has 0 bridgehead atoms. The molecule has 6 nitrogen and oxygen atoms in total. The second-order valence-corrected chi connectivity index (χ2v) is 7.14. The molecule has 0 fully saturated rings. The van der Waals surface area contributed by atoms with Gasteiger partial charge in [0.15, 0.2) is 0 Å². The van der Waals surface area contributed by atoms with Crippen molar-refractivity contribution in [3.63, 3.8) is 0 Å². The number of hydrogen-bond donors (Lipinski definition) is 3. The molecule has 3 N–H and O–H groups in total. The third-order valence-electron chi connectivity index (χ3n) is 4.38. The number of aliphatic imine (C=N–C) groups is 1. The van der Waals surface area contributed by atoms with E-state index in [1.165, 1.54) is 12.1 Å². The molecule has 1 aromatic heterocycles. The number of carbonyl (C=O) groups is 1. The molecule has 0 saturated carbocycles. The molecular formula is C22H18ClF3N4O2. The van der Waals surface area contributed by atoms with Crippen LogP contribution in [0.5, 0.6) is 5.88 Å². The lowest BCUT2D eigenvalue weighted by Crippen LogP contribution is -2.34. The smallest absolute Gasteiger partial charge is 0.416 e. The summed E-state index contributed by atoms with van der Waals surface area (Å²) in [5, 5.41) is 15.9. The van der Waals surface area contributed by atoms with Crippen molar-refractivity contribution in [2.75, 3.05) is 5.32 Å². The van der Waals surface area contributed by atoms with Gasteiger partial charge in [0.1, 0.15) is 5.82 Å². The first-order valence-corrected chi connectivity index (χ1v) is 9.75. The summed E-state index contributed by atoms with van der Waals surface area (Å²) < 4.78 is 38.3. The van der Waals surface area contributed by atoms with Crippen molar-refractivity contribution in [3.05, 3.63) is 88.4 Å². The predicted molar refractivity (Wildman–Crippen MR) is 116 cm³/mol. The van der Waals surface area contributed by atoms with Crippen LogP contribution >= 0.6 is 11.6 Å². The number of carbonyl (C=O) groups excluding carboxylic acids is 1. The van der Waals surface area contributed by atoms with Gasteiger partial charge in [-0.25, -0.2) is 0 Å². The third kappa shape index (κ3) is 5.98. The Labute approximate surface area is 186 Å². The van der Waals surface area contributed by atoms with Gasteiger partial charge in [0, 0.05) is 16.7 Å². The van der Waals surface area contributed by atoms with Crippen molar-refractivity contribution >= 4 is 29.3 Å². The maximum atomic E-state index is 12.8. The van der Waals surface area contributed by atoms with Crippen LogP contribution in [0.1, 0.15) is 34.5 Å². The second kappa shape index (κ2) is 9.69. The second-order valence-electron chi connectivity index (χ2n) is 6.73. The number of amides is 1. The molecule has 3 aromatic rings. The Morgan fingerprint density at radius 2 is 1.75 bits per heavy atom. The van der Waals surface area contributed by atoms with Crippen LogP contribution in [0.25, 0.3) is 0 Å². The van der Waals surface area contributed by atoms with E-state index in [0.29, 0.717) is 5.02 Å². The van der Waals surface area contributed by atoms with E-state index in [2.05, 4.69) is 20.6 Å². The Kier molecular flexibility index (Phi) is 6.99. The fourth-order valence-corrected chi connectivity index (χ4v) is 3.09. The Morgan fingerprint density at radius 1 is 1.06 bits per heavy atom. The van der Waals surface area contributed by atoms with Gasteiger partial charge in [-0.1, -0.05) is 35.9 Å². The van der Waals surface area contributed by atoms with Gasteiger partial charge in [0.05, 0.1) is 11.6 Å². The van der Waals surface area contributed by atoms with Gasteiger partial charge in [-0.3, -0.25) is 4.79 Å². The number of halogens is 4. The number of aromatic hydroxyl groups is 1. The number of benzene rings is 2. The maximum absolute atomic E-state index is 12.8. The Hall–Kier alpha value is -3.59. The lowest BCUT2D eigenvalue weighted by molar-refractivity contribution is -0.137. The monoisotopic (exact) mass is 462 g/mol. The van der Waals surface area contributed by atoms with Crippen molar-refractivity contribution in [1.82, 2.24) is 10.3 Å². The molecule has 3 rings (SSSR count). The van der Waals surface area contributed by atoms with Crippen molar-refractivity contribution in [3.8, 4) is 5.88 Å². The molecule has 1 heterocycles. The van der Waals surface area contributed by atoms with Crippen LogP contribution < -0.4 is 10.6 Å². The normalized spacial score (nSPS) is 12.8. The summed E-state index contributed by atoms with van der Waals surface area (Å²) in [6, 6.07) is 14.9. The molecule has 1 atom stereocenters. The number of aromatic nitrogens is 1. The van der Waals surface area contributed by atoms with Crippen LogP contribution in [0.4, 0.5) is 19.0 Å². The maximum Gasteiger partial charge on any atom is 0.416 e. The quantitative estimate of drug-likeness (QED) is 0.356. The molecular weight excluding hydrogens is 445 g/mol. The van der Waals surface area contributed by atoms with Crippen LogP contribution in [0, 0.1) is 0 Å². The molecule has 1 unspecified atom stereocenters. The van der Waals surface area contributed by atoms with Gasteiger partial charge in [0.25, 0.3) is 5.91 Å². The molecule has 0 aliphatic rings. The Morgan fingerprint density at radius 3 is 2.38 bits per heavy atom. The largest absolute Gasteiger partial charge is 0.493 e. The molecule has 2 aromatic carbocycles. The number of alkyl halides is 3. The van der Waals surface area contributed by atoms with Crippen molar-refractivity contribution in [2.45, 2.75) is 19.1 Å². The fraction of sp³-hybridized carbons (Fsp3) is 0.136. The molecule has 0 saturated heterocycles. The van der Waals surface area contributed by atoms with Crippen LogP contribution in [-0.2, 0) is 6.18 Å². The number of rotatable bonds is 4. The highest BCUT2D eigenvalue weighted by molar-refractivity contribution is 6.31. The van der Waals surface area contributed by atoms with Crippen molar-refractivity contribution in [1.29, 1.82) is 0 Å². The topological polar surface area (TPSA) is 86.6 Å². The zero-order valence-corrected chi connectivity index (χ0v) is 17.4. The Balaban J connectivity index is 1.89. The number of anilines is 1. The summed E-state index contributed by atoms with van der Waals surface area (Å²) in [6.45, 7) is 1.79. The first-order valence-electron chi connectivity index (χ1n) is 9.38. The van der Waals surface area contributed by atoms with Crippen molar-refractivity contribution < 1.29 is 23.1 Å². The highest BCUT2D eigenvalue weighted by Crippen LogP contribution is 2.29. The standard InChI is InChI=1S/C22H18ClF3N4O2/c1-13(16-5-2-3-6-17(16)23)27-21(29-18-7-4-8-19(31)28-18)30-20(32)14-9-11-15(12-10-14)22(24,25)26/h2-13H,1H3,(H3,27,28,29,30,31,32). The number of nitrogens with zero attached hydrogens (tertiary/aromatic N) is 2. The van der Waals surface area contributed by atoms with Gasteiger partial charge >= 0.3 is 6.18 Å². The van der Waals surface area contributed by atoms with E-state index in [1.54, 1.807) is 37.3 Å². The molecule has 0 aliphatic heterocycles. The lowest BCUT2D eigenvalue weighted by Gasteiger charge is -2.19.